The molecule has 2 rings (SSSR count). The molecule has 0 amide bonds. The molecule has 0 aromatic carbocycles. The van der Waals surface area contributed by atoms with E-state index in [1.54, 1.807) is 30.0 Å². The Hall–Kier alpha value is -1.29. The number of nitrogen functional groups attached to an aromatic ring is 1. The van der Waals surface area contributed by atoms with Crippen molar-refractivity contribution in [2.45, 2.75) is 18.6 Å². The van der Waals surface area contributed by atoms with E-state index >= 15 is 0 Å². The van der Waals surface area contributed by atoms with Gasteiger partial charge in [-0.3, -0.25) is 4.79 Å². The fourth-order valence-electron chi connectivity index (χ4n) is 1.49. The lowest BCUT2D eigenvalue weighted by molar-refractivity contribution is 0.169. The minimum Gasteiger partial charge on any atom is -0.394 e. The number of hydrogen-bond donors (Lipinski definition) is 1. The van der Waals surface area contributed by atoms with Gasteiger partial charge in [0.05, 0.1) is 17.8 Å². The van der Waals surface area contributed by atoms with Gasteiger partial charge in [-0.1, -0.05) is 0 Å². The second kappa shape index (κ2) is 2.88. The highest BCUT2D eigenvalue weighted by atomic mass is 16.5. The van der Waals surface area contributed by atoms with Crippen LogP contribution in [0.2, 0.25) is 0 Å². The third kappa shape index (κ3) is 1.33. The Morgan fingerprint density at radius 1 is 1.69 bits per heavy atom. The Morgan fingerprint density at radius 3 is 3.08 bits per heavy atom. The Labute approximate surface area is 75.9 Å². The van der Waals surface area contributed by atoms with Gasteiger partial charge in [-0.15, -0.1) is 0 Å². The molecule has 4 nitrogen and oxygen atoms in total. The first-order chi connectivity index (χ1) is 6.24. The average Bonchev–Trinajstić information content (AvgIpc) is 2.89. The predicted octanol–water partition coefficient (Wildman–Crippen LogP) is 0.390. The number of hydrogen-bond acceptors (Lipinski definition) is 3. The van der Waals surface area contributed by atoms with Crippen molar-refractivity contribution < 1.29 is 4.74 Å². The Kier molecular flexibility index (Phi) is 1.84. The van der Waals surface area contributed by atoms with Crippen molar-refractivity contribution in [1.82, 2.24) is 4.57 Å². The summed E-state index contributed by atoms with van der Waals surface area (Å²) in [5, 5.41) is 0. The van der Waals surface area contributed by atoms with E-state index in [0.29, 0.717) is 5.69 Å². The maximum Gasteiger partial charge on any atom is 0.274 e. The number of ether oxygens (including phenoxy) is 1. The highest BCUT2D eigenvalue weighted by Gasteiger charge is 2.39. The minimum absolute atomic E-state index is 0.118. The maximum absolute atomic E-state index is 11.5. The van der Waals surface area contributed by atoms with Crippen LogP contribution in [-0.2, 0) is 4.74 Å². The molecule has 1 unspecified atom stereocenters. The van der Waals surface area contributed by atoms with Crippen molar-refractivity contribution in [3.8, 4) is 0 Å². The number of pyridine rings is 1. The Morgan fingerprint density at radius 2 is 2.46 bits per heavy atom. The molecule has 13 heavy (non-hydrogen) atoms. The van der Waals surface area contributed by atoms with Crippen molar-refractivity contribution >= 4 is 5.69 Å². The zero-order valence-corrected chi connectivity index (χ0v) is 7.43. The van der Waals surface area contributed by atoms with Gasteiger partial charge in [-0.05, 0) is 18.6 Å². The lowest BCUT2D eigenvalue weighted by atomic mass is 10.4. The summed E-state index contributed by atoms with van der Waals surface area (Å²) in [4.78, 5) is 11.5. The molecule has 1 saturated carbocycles. The van der Waals surface area contributed by atoms with Crippen LogP contribution in [0.3, 0.4) is 0 Å². The topological polar surface area (TPSA) is 57.2 Å². The second-order valence-corrected chi connectivity index (χ2v) is 3.25. The number of nitrogens with two attached hydrogens (primary N) is 1. The fourth-order valence-corrected chi connectivity index (χ4v) is 1.49. The van der Waals surface area contributed by atoms with E-state index in [2.05, 4.69) is 0 Å². The summed E-state index contributed by atoms with van der Waals surface area (Å²) in [5.74, 6) is 0. The standard InChI is InChI=1S/C9H12N2O2/c1-13-8-5-7(8)11-4-2-3-6(10)9(11)12/h2-4,7-8H,5,10H2,1H3/t7?,8-/m0/s1. The van der Waals surface area contributed by atoms with Crippen molar-refractivity contribution in [3.05, 3.63) is 28.7 Å². The number of aromatic nitrogens is 1. The zero-order chi connectivity index (χ0) is 9.42. The first-order valence-corrected chi connectivity index (χ1v) is 4.23. The van der Waals surface area contributed by atoms with Gasteiger partial charge in [0.1, 0.15) is 0 Å². The van der Waals surface area contributed by atoms with E-state index in [0.717, 1.165) is 6.42 Å². The molecule has 0 aliphatic heterocycles. The van der Waals surface area contributed by atoms with Gasteiger partial charge in [-0.25, -0.2) is 0 Å². The summed E-state index contributed by atoms with van der Waals surface area (Å²) < 4.78 is 6.76. The molecule has 1 aliphatic carbocycles. The molecule has 70 valence electrons. The van der Waals surface area contributed by atoms with Crippen LogP contribution >= 0.6 is 0 Å². The first-order valence-electron chi connectivity index (χ1n) is 4.23. The molecule has 2 N–H and O–H groups in total. The minimum atomic E-state index is -0.118. The van der Waals surface area contributed by atoms with Crippen molar-refractivity contribution in [1.29, 1.82) is 0 Å². The summed E-state index contributed by atoms with van der Waals surface area (Å²) in [7, 11) is 1.65. The first kappa shape index (κ1) is 8.31. The molecule has 0 spiro atoms. The van der Waals surface area contributed by atoms with E-state index in [1.165, 1.54) is 0 Å². The number of methoxy groups -OCH3 is 1. The Balaban J connectivity index is 2.32. The van der Waals surface area contributed by atoms with Gasteiger partial charge in [0, 0.05) is 13.3 Å². The summed E-state index contributed by atoms with van der Waals surface area (Å²) in [5.41, 5.74) is 5.68. The average molecular weight is 180 g/mol. The third-order valence-electron chi connectivity index (χ3n) is 2.36. The van der Waals surface area contributed by atoms with Crippen LogP contribution in [0.4, 0.5) is 5.69 Å². The van der Waals surface area contributed by atoms with Gasteiger partial charge in [0.2, 0.25) is 0 Å². The van der Waals surface area contributed by atoms with Gasteiger partial charge in [0.15, 0.2) is 0 Å². The lowest BCUT2D eigenvalue weighted by Gasteiger charge is -2.04. The third-order valence-corrected chi connectivity index (χ3v) is 2.36. The van der Waals surface area contributed by atoms with Crippen LogP contribution in [-0.4, -0.2) is 17.8 Å². The van der Waals surface area contributed by atoms with Gasteiger partial charge in [0.25, 0.3) is 5.56 Å². The zero-order valence-electron chi connectivity index (χ0n) is 7.43. The van der Waals surface area contributed by atoms with Crippen LogP contribution in [0.5, 0.6) is 0 Å². The van der Waals surface area contributed by atoms with E-state index in [1.807, 2.05) is 0 Å². The fraction of sp³-hybridized carbons (Fsp3) is 0.444. The summed E-state index contributed by atoms with van der Waals surface area (Å²) in [6, 6.07) is 3.58. The summed E-state index contributed by atoms with van der Waals surface area (Å²) in [6.45, 7) is 0. The maximum atomic E-state index is 11.5. The SMILES string of the molecule is CO[C@H]1CC1n1cccc(N)c1=O. The van der Waals surface area contributed by atoms with Crippen molar-refractivity contribution in [2.24, 2.45) is 0 Å². The van der Waals surface area contributed by atoms with Gasteiger partial charge < -0.3 is 15.0 Å². The van der Waals surface area contributed by atoms with E-state index in [-0.39, 0.29) is 17.7 Å². The van der Waals surface area contributed by atoms with Gasteiger partial charge >= 0.3 is 0 Å². The molecule has 0 bridgehead atoms. The van der Waals surface area contributed by atoms with Crippen LogP contribution in [0.1, 0.15) is 12.5 Å². The largest absolute Gasteiger partial charge is 0.394 e. The van der Waals surface area contributed by atoms with Crippen molar-refractivity contribution in [3.63, 3.8) is 0 Å². The normalized spacial score (nSPS) is 25.9. The van der Waals surface area contributed by atoms with Crippen molar-refractivity contribution in [2.75, 3.05) is 12.8 Å². The van der Waals surface area contributed by atoms with E-state index in [4.69, 9.17) is 10.5 Å². The number of rotatable bonds is 2. The molecular formula is C9H12N2O2. The predicted molar refractivity (Wildman–Crippen MR) is 49.6 cm³/mol. The van der Waals surface area contributed by atoms with Crippen LogP contribution < -0.4 is 11.3 Å². The highest BCUT2D eigenvalue weighted by Crippen LogP contribution is 2.36. The number of anilines is 1. The van der Waals surface area contributed by atoms with Gasteiger partial charge in [-0.2, -0.15) is 0 Å². The molecule has 1 heterocycles. The molecule has 1 aromatic heterocycles. The van der Waals surface area contributed by atoms with Crippen LogP contribution in [0, 0.1) is 0 Å². The monoisotopic (exact) mass is 180 g/mol. The lowest BCUT2D eigenvalue weighted by Crippen LogP contribution is -2.22. The van der Waals surface area contributed by atoms with Crippen LogP contribution in [0.15, 0.2) is 23.1 Å². The Bertz CT molecular complexity index is 372. The van der Waals surface area contributed by atoms with E-state index < -0.39 is 0 Å². The smallest absolute Gasteiger partial charge is 0.274 e. The number of nitrogens with zero attached hydrogens (tertiary/aromatic N) is 1. The van der Waals surface area contributed by atoms with E-state index in [9.17, 15) is 4.79 Å². The summed E-state index contributed by atoms with van der Waals surface area (Å²) in [6.07, 6.45) is 2.84. The molecule has 1 fully saturated rings. The molecule has 2 atom stereocenters. The van der Waals surface area contributed by atoms with Crippen LogP contribution in [0.25, 0.3) is 0 Å². The highest BCUT2D eigenvalue weighted by molar-refractivity contribution is 5.34. The quantitative estimate of drug-likeness (QED) is 0.716. The molecule has 1 aliphatic rings. The summed E-state index contributed by atoms with van der Waals surface area (Å²) >= 11 is 0. The molecule has 0 radical (unpaired) electrons. The molecule has 1 aromatic rings. The second-order valence-electron chi connectivity index (χ2n) is 3.25. The molecule has 4 heteroatoms. The molecular weight excluding hydrogens is 168 g/mol. The molecule has 0 saturated heterocycles.